The first-order chi connectivity index (χ1) is 10.5. The third-order valence-electron chi connectivity index (χ3n) is 6.08. The maximum Gasteiger partial charge on any atom is 0.246 e. The van der Waals surface area contributed by atoms with Crippen molar-refractivity contribution in [3.05, 3.63) is 23.0 Å². The van der Waals surface area contributed by atoms with Crippen LogP contribution in [0.3, 0.4) is 0 Å². The minimum atomic E-state index is -0.116. The molecular weight excluding hydrogens is 274 g/mol. The summed E-state index contributed by atoms with van der Waals surface area (Å²) in [7, 11) is 0. The second kappa shape index (κ2) is 4.97. The van der Waals surface area contributed by atoms with Crippen LogP contribution in [0.25, 0.3) is 0 Å². The van der Waals surface area contributed by atoms with Gasteiger partial charge in [0.2, 0.25) is 5.91 Å². The Labute approximate surface area is 131 Å². The van der Waals surface area contributed by atoms with Gasteiger partial charge in [0.25, 0.3) is 0 Å². The molecule has 0 aromatic carbocycles. The molecule has 4 saturated carbocycles. The Bertz CT molecular complexity index is 593. The molecule has 4 nitrogen and oxygen atoms in total. The molecule has 0 saturated heterocycles. The van der Waals surface area contributed by atoms with Gasteiger partial charge in [0, 0.05) is 17.0 Å². The Kier molecular flexibility index (Phi) is 3.17. The molecule has 4 aliphatic rings. The molecular formula is C18H25N3O. The molecule has 2 N–H and O–H groups in total. The Morgan fingerprint density at radius 1 is 1.23 bits per heavy atom. The van der Waals surface area contributed by atoms with Crippen molar-refractivity contribution in [1.82, 2.24) is 10.4 Å². The molecule has 4 bridgehead atoms. The Balaban J connectivity index is 1.45. The van der Waals surface area contributed by atoms with E-state index in [9.17, 15) is 4.79 Å². The third-order valence-corrected chi connectivity index (χ3v) is 6.08. The maximum absolute atomic E-state index is 12.7. The molecule has 1 aromatic heterocycles. The smallest absolute Gasteiger partial charge is 0.246 e. The molecule has 0 radical (unpaired) electrons. The number of aromatic amines is 1. The minimum absolute atomic E-state index is 0.116. The summed E-state index contributed by atoms with van der Waals surface area (Å²) in [4.78, 5) is 16.0. The van der Waals surface area contributed by atoms with Crippen LogP contribution in [0, 0.1) is 37.0 Å². The molecule has 0 spiro atoms. The van der Waals surface area contributed by atoms with Crippen molar-refractivity contribution in [2.45, 2.75) is 52.4 Å². The van der Waals surface area contributed by atoms with E-state index in [1.165, 1.54) is 19.3 Å². The van der Waals surface area contributed by atoms with Crippen LogP contribution in [0.1, 0.15) is 55.5 Å². The zero-order valence-electron chi connectivity index (χ0n) is 13.5. The predicted octanol–water partition coefficient (Wildman–Crippen LogP) is 3.30. The van der Waals surface area contributed by atoms with Crippen LogP contribution < -0.4 is 5.43 Å². The summed E-state index contributed by atoms with van der Waals surface area (Å²) in [5.41, 5.74) is 5.98. The fraction of sp³-hybridized carbons (Fsp3) is 0.667. The molecule has 5 rings (SSSR count). The number of nitrogens with one attached hydrogen (secondary N) is 2. The lowest BCUT2D eigenvalue weighted by Gasteiger charge is -2.55. The van der Waals surface area contributed by atoms with Crippen molar-refractivity contribution < 1.29 is 4.79 Å². The first kappa shape index (κ1) is 14.0. The largest absolute Gasteiger partial charge is 0.362 e. The number of carbonyl (C=O) groups is 1. The zero-order valence-corrected chi connectivity index (χ0v) is 13.5. The van der Waals surface area contributed by atoms with E-state index >= 15 is 0 Å². The lowest BCUT2D eigenvalue weighted by Crippen LogP contribution is -2.52. The van der Waals surface area contributed by atoms with E-state index < -0.39 is 0 Å². The van der Waals surface area contributed by atoms with Gasteiger partial charge < -0.3 is 4.98 Å². The number of hydrazone groups is 1. The number of H-pyrrole nitrogens is 1. The van der Waals surface area contributed by atoms with E-state index in [4.69, 9.17) is 0 Å². The van der Waals surface area contributed by atoms with Crippen LogP contribution in [0.4, 0.5) is 0 Å². The maximum atomic E-state index is 12.7. The third kappa shape index (κ3) is 2.29. The van der Waals surface area contributed by atoms with E-state index in [1.54, 1.807) is 6.21 Å². The van der Waals surface area contributed by atoms with Crippen LogP contribution in [0.5, 0.6) is 0 Å². The van der Waals surface area contributed by atoms with Crippen molar-refractivity contribution in [3.8, 4) is 0 Å². The van der Waals surface area contributed by atoms with Crippen LogP contribution in [-0.4, -0.2) is 17.1 Å². The molecule has 1 amide bonds. The van der Waals surface area contributed by atoms with Gasteiger partial charge in [-0.2, -0.15) is 5.10 Å². The van der Waals surface area contributed by atoms with E-state index in [1.807, 2.05) is 13.8 Å². The summed E-state index contributed by atoms with van der Waals surface area (Å²) < 4.78 is 0. The number of amides is 1. The highest BCUT2D eigenvalue weighted by Crippen LogP contribution is 2.60. The van der Waals surface area contributed by atoms with Gasteiger partial charge in [0.15, 0.2) is 0 Å². The van der Waals surface area contributed by atoms with Gasteiger partial charge in [-0.15, -0.1) is 0 Å². The molecule has 22 heavy (non-hydrogen) atoms. The number of hydrogen-bond donors (Lipinski definition) is 2. The van der Waals surface area contributed by atoms with Crippen molar-refractivity contribution in [2.24, 2.45) is 28.3 Å². The number of hydrogen-bond acceptors (Lipinski definition) is 2. The van der Waals surface area contributed by atoms with Crippen LogP contribution in [0.2, 0.25) is 0 Å². The number of nitrogens with zero attached hydrogens (tertiary/aromatic N) is 1. The van der Waals surface area contributed by atoms with Gasteiger partial charge >= 0.3 is 0 Å². The van der Waals surface area contributed by atoms with Gasteiger partial charge in [-0.25, -0.2) is 5.43 Å². The monoisotopic (exact) mass is 299 g/mol. The SMILES string of the molecule is Cc1cc(/C=N/NC(=O)C23CC4CC(CC(C4)C2)C3)c(C)[nH]1. The van der Waals surface area contributed by atoms with E-state index in [-0.39, 0.29) is 11.3 Å². The first-order valence-corrected chi connectivity index (χ1v) is 8.54. The van der Waals surface area contributed by atoms with E-state index in [0.29, 0.717) is 0 Å². The van der Waals surface area contributed by atoms with Gasteiger partial charge in [-0.3, -0.25) is 4.79 Å². The standard InChI is InChI=1S/C18H25N3O/c1-11-3-16(12(2)20-11)10-19-21-17(22)18-7-13-4-14(8-18)6-15(5-13)9-18/h3,10,13-15,20H,4-9H2,1-2H3,(H,21,22)/b19-10+. The average molecular weight is 299 g/mol. The lowest BCUT2D eigenvalue weighted by molar-refractivity contribution is -0.146. The molecule has 0 atom stereocenters. The van der Waals surface area contributed by atoms with Crippen LogP contribution in [-0.2, 0) is 4.79 Å². The summed E-state index contributed by atoms with van der Waals surface area (Å²) in [5, 5.41) is 4.23. The first-order valence-electron chi connectivity index (χ1n) is 8.54. The van der Waals surface area contributed by atoms with E-state index in [2.05, 4.69) is 21.6 Å². The molecule has 118 valence electrons. The minimum Gasteiger partial charge on any atom is -0.362 e. The highest BCUT2D eigenvalue weighted by Gasteiger charge is 2.54. The van der Waals surface area contributed by atoms with Gasteiger partial charge in [-0.1, -0.05) is 0 Å². The fourth-order valence-corrected chi connectivity index (χ4v) is 5.55. The molecule has 4 heteroatoms. The molecule has 4 fully saturated rings. The highest BCUT2D eigenvalue weighted by atomic mass is 16.2. The van der Waals surface area contributed by atoms with Crippen LogP contribution in [0.15, 0.2) is 11.2 Å². The topological polar surface area (TPSA) is 57.2 Å². The van der Waals surface area contributed by atoms with E-state index in [0.717, 1.165) is 54.0 Å². The lowest BCUT2D eigenvalue weighted by atomic mass is 9.49. The number of rotatable bonds is 3. The van der Waals surface area contributed by atoms with Crippen molar-refractivity contribution in [3.63, 3.8) is 0 Å². The average Bonchev–Trinajstić information content (AvgIpc) is 2.75. The number of aromatic nitrogens is 1. The molecule has 1 heterocycles. The van der Waals surface area contributed by atoms with Gasteiger partial charge in [-0.05, 0) is 76.2 Å². The molecule has 4 aliphatic carbocycles. The van der Waals surface area contributed by atoms with Crippen molar-refractivity contribution in [1.29, 1.82) is 0 Å². The summed E-state index contributed by atoms with van der Waals surface area (Å²) in [6, 6.07) is 2.05. The summed E-state index contributed by atoms with van der Waals surface area (Å²) in [6.45, 7) is 4.05. The van der Waals surface area contributed by atoms with Gasteiger partial charge in [0.05, 0.1) is 11.6 Å². The fourth-order valence-electron chi connectivity index (χ4n) is 5.55. The molecule has 1 aromatic rings. The highest BCUT2D eigenvalue weighted by molar-refractivity contribution is 5.86. The summed E-state index contributed by atoms with van der Waals surface area (Å²) in [6.07, 6.45) is 9.10. The number of carbonyl (C=O) groups excluding carboxylic acids is 1. The molecule has 0 unspecified atom stereocenters. The van der Waals surface area contributed by atoms with Crippen molar-refractivity contribution in [2.75, 3.05) is 0 Å². The van der Waals surface area contributed by atoms with Gasteiger partial charge in [0.1, 0.15) is 0 Å². The quantitative estimate of drug-likeness (QED) is 0.653. The Morgan fingerprint density at radius 3 is 2.32 bits per heavy atom. The molecule has 0 aliphatic heterocycles. The summed E-state index contributed by atoms with van der Waals surface area (Å²) >= 11 is 0. The second-order valence-electron chi connectivity index (χ2n) is 7.93. The second-order valence-corrected chi connectivity index (χ2v) is 7.93. The van der Waals surface area contributed by atoms with Crippen molar-refractivity contribution >= 4 is 12.1 Å². The van der Waals surface area contributed by atoms with Crippen LogP contribution >= 0.6 is 0 Å². The normalized spacial score (nSPS) is 36.2. The zero-order chi connectivity index (χ0) is 15.3. The Morgan fingerprint density at radius 2 is 1.82 bits per heavy atom. The predicted molar refractivity (Wildman–Crippen MR) is 86.6 cm³/mol. The number of aryl methyl sites for hydroxylation is 2. The Hall–Kier alpha value is -1.58. The summed E-state index contributed by atoms with van der Waals surface area (Å²) in [5.74, 6) is 2.52.